The second kappa shape index (κ2) is 7.72. The number of anilines is 1. The Bertz CT molecular complexity index is 863. The molecule has 2 heterocycles. The van der Waals surface area contributed by atoms with Crippen LogP contribution in [0.3, 0.4) is 0 Å². The average Bonchev–Trinajstić information content (AvgIpc) is 2.98. The molecule has 3 rings (SSSR count). The fourth-order valence-corrected chi connectivity index (χ4v) is 3.78. The maximum Gasteiger partial charge on any atom is 0.236 e. The minimum Gasteiger partial charge on any atom is -0.301 e. The minimum absolute atomic E-state index is 0.0749. The van der Waals surface area contributed by atoms with Gasteiger partial charge < -0.3 is 5.32 Å². The summed E-state index contributed by atoms with van der Waals surface area (Å²) in [6.45, 7) is 4.01. The Balaban J connectivity index is 1.75. The van der Waals surface area contributed by atoms with Gasteiger partial charge in [0.2, 0.25) is 5.91 Å². The number of thioether (sulfide) groups is 1. The van der Waals surface area contributed by atoms with Gasteiger partial charge in [-0.25, -0.2) is 15.0 Å². The SMILES string of the molecule is CCCc1nc(SCC(=O)Nc2nc(C)cs2)c2ccccc2n1. The van der Waals surface area contributed by atoms with E-state index in [1.165, 1.54) is 23.1 Å². The van der Waals surface area contributed by atoms with Crippen LogP contribution in [0.25, 0.3) is 10.9 Å². The van der Waals surface area contributed by atoms with Gasteiger partial charge in [0, 0.05) is 17.2 Å². The number of thiazole rings is 1. The maximum absolute atomic E-state index is 12.1. The standard InChI is InChI=1S/C17H18N4OS2/c1-3-6-14-19-13-8-5-4-7-12(13)16(20-14)23-10-15(22)21-17-18-11(2)9-24-17/h4-5,7-9H,3,6,10H2,1-2H3,(H,18,21,22). The van der Waals surface area contributed by atoms with Crippen LogP contribution < -0.4 is 5.32 Å². The minimum atomic E-state index is -0.0749. The van der Waals surface area contributed by atoms with E-state index in [2.05, 4.69) is 27.2 Å². The van der Waals surface area contributed by atoms with Gasteiger partial charge in [-0.15, -0.1) is 11.3 Å². The Morgan fingerprint density at radius 2 is 2.08 bits per heavy atom. The highest BCUT2D eigenvalue weighted by Gasteiger charge is 2.11. The van der Waals surface area contributed by atoms with Crippen LogP contribution >= 0.6 is 23.1 Å². The van der Waals surface area contributed by atoms with Crippen LogP contribution in [0.5, 0.6) is 0 Å². The number of benzene rings is 1. The molecule has 0 fully saturated rings. The number of amides is 1. The molecule has 0 bridgehead atoms. The molecule has 0 aliphatic rings. The van der Waals surface area contributed by atoms with Crippen molar-refractivity contribution < 1.29 is 4.79 Å². The van der Waals surface area contributed by atoms with Crippen molar-refractivity contribution in [2.45, 2.75) is 31.7 Å². The third-order valence-corrected chi connectivity index (χ3v) is 5.16. The quantitative estimate of drug-likeness (QED) is 0.531. The van der Waals surface area contributed by atoms with Gasteiger partial charge in [0.15, 0.2) is 5.13 Å². The van der Waals surface area contributed by atoms with Crippen LogP contribution in [0, 0.1) is 6.92 Å². The molecule has 0 saturated carbocycles. The largest absolute Gasteiger partial charge is 0.301 e. The Hall–Kier alpha value is -1.99. The highest BCUT2D eigenvalue weighted by atomic mass is 32.2. The van der Waals surface area contributed by atoms with Gasteiger partial charge in [-0.3, -0.25) is 4.79 Å². The number of hydrogen-bond acceptors (Lipinski definition) is 6. The zero-order chi connectivity index (χ0) is 16.9. The van der Waals surface area contributed by atoms with E-state index in [1.54, 1.807) is 0 Å². The first-order chi connectivity index (χ1) is 11.7. The molecule has 0 unspecified atom stereocenters. The first-order valence-electron chi connectivity index (χ1n) is 7.76. The van der Waals surface area contributed by atoms with E-state index in [9.17, 15) is 4.79 Å². The lowest BCUT2D eigenvalue weighted by molar-refractivity contribution is -0.113. The molecule has 1 aromatic carbocycles. The number of hydrogen-bond donors (Lipinski definition) is 1. The lowest BCUT2D eigenvalue weighted by Crippen LogP contribution is -2.14. The first-order valence-corrected chi connectivity index (χ1v) is 9.62. The Morgan fingerprint density at radius 3 is 2.83 bits per heavy atom. The highest BCUT2D eigenvalue weighted by molar-refractivity contribution is 8.00. The number of aryl methyl sites for hydroxylation is 2. The van der Waals surface area contributed by atoms with E-state index < -0.39 is 0 Å². The number of carbonyl (C=O) groups is 1. The van der Waals surface area contributed by atoms with Crippen LogP contribution in [0.15, 0.2) is 34.7 Å². The van der Waals surface area contributed by atoms with E-state index in [-0.39, 0.29) is 5.91 Å². The number of para-hydroxylation sites is 1. The normalized spacial score (nSPS) is 10.9. The Kier molecular flexibility index (Phi) is 5.42. The van der Waals surface area contributed by atoms with Gasteiger partial charge in [-0.05, 0) is 19.4 Å². The number of fused-ring (bicyclic) bond motifs is 1. The number of carbonyl (C=O) groups excluding carboxylic acids is 1. The summed E-state index contributed by atoms with van der Waals surface area (Å²) in [5, 5.41) is 7.22. The van der Waals surface area contributed by atoms with Gasteiger partial charge in [0.05, 0.1) is 17.0 Å². The fraction of sp³-hybridized carbons (Fsp3) is 0.294. The summed E-state index contributed by atoms with van der Waals surface area (Å²) in [4.78, 5) is 25.6. The Morgan fingerprint density at radius 1 is 1.25 bits per heavy atom. The van der Waals surface area contributed by atoms with E-state index >= 15 is 0 Å². The van der Waals surface area contributed by atoms with Crippen LogP contribution in [-0.2, 0) is 11.2 Å². The lowest BCUT2D eigenvalue weighted by Gasteiger charge is -2.08. The molecule has 124 valence electrons. The van der Waals surface area contributed by atoms with Crippen LogP contribution in [0.2, 0.25) is 0 Å². The highest BCUT2D eigenvalue weighted by Crippen LogP contribution is 2.26. The van der Waals surface area contributed by atoms with Crippen molar-refractivity contribution in [2.24, 2.45) is 0 Å². The van der Waals surface area contributed by atoms with Crippen molar-refractivity contribution >= 4 is 45.0 Å². The van der Waals surface area contributed by atoms with Gasteiger partial charge in [0.1, 0.15) is 10.9 Å². The van der Waals surface area contributed by atoms with E-state index in [0.29, 0.717) is 10.9 Å². The van der Waals surface area contributed by atoms with Gasteiger partial charge in [0.25, 0.3) is 0 Å². The van der Waals surface area contributed by atoms with E-state index in [0.717, 1.165) is 40.3 Å². The summed E-state index contributed by atoms with van der Waals surface area (Å²) in [6.07, 6.45) is 1.83. The molecule has 0 saturated heterocycles. The molecule has 0 aliphatic carbocycles. The van der Waals surface area contributed by atoms with Crippen LogP contribution in [0.1, 0.15) is 24.9 Å². The molecule has 1 N–H and O–H groups in total. The van der Waals surface area contributed by atoms with Gasteiger partial charge in [-0.2, -0.15) is 0 Å². The summed E-state index contributed by atoms with van der Waals surface area (Å²) in [5.41, 5.74) is 1.84. The zero-order valence-corrected chi connectivity index (χ0v) is 15.2. The van der Waals surface area contributed by atoms with Crippen molar-refractivity contribution in [3.05, 3.63) is 41.2 Å². The number of rotatable bonds is 6. The Labute approximate surface area is 148 Å². The van der Waals surface area contributed by atoms with Crippen molar-refractivity contribution in [1.29, 1.82) is 0 Å². The summed E-state index contributed by atoms with van der Waals surface area (Å²) in [5.74, 6) is 1.05. The molecule has 0 spiro atoms. The number of nitrogens with one attached hydrogen (secondary N) is 1. The topological polar surface area (TPSA) is 67.8 Å². The molecule has 24 heavy (non-hydrogen) atoms. The molecule has 0 atom stereocenters. The van der Waals surface area contributed by atoms with Crippen LogP contribution in [0.4, 0.5) is 5.13 Å². The zero-order valence-electron chi connectivity index (χ0n) is 13.6. The molecule has 3 aromatic rings. The second-order valence-electron chi connectivity index (χ2n) is 5.34. The van der Waals surface area contributed by atoms with Crippen molar-refractivity contribution in [2.75, 3.05) is 11.1 Å². The van der Waals surface area contributed by atoms with Crippen molar-refractivity contribution in [3.8, 4) is 0 Å². The third-order valence-electron chi connectivity index (χ3n) is 3.29. The molecular weight excluding hydrogens is 340 g/mol. The predicted molar refractivity (Wildman–Crippen MR) is 99.7 cm³/mol. The van der Waals surface area contributed by atoms with E-state index in [1.807, 2.05) is 36.6 Å². The van der Waals surface area contributed by atoms with Gasteiger partial charge >= 0.3 is 0 Å². The van der Waals surface area contributed by atoms with Crippen molar-refractivity contribution in [3.63, 3.8) is 0 Å². The first kappa shape index (κ1) is 16.9. The average molecular weight is 358 g/mol. The van der Waals surface area contributed by atoms with Crippen molar-refractivity contribution in [1.82, 2.24) is 15.0 Å². The van der Waals surface area contributed by atoms with E-state index in [4.69, 9.17) is 0 Å². The molecule has 7 heteroatoms. The summed E-state index contributed by atoms with van der Waals surface area (Å²) < 4.78 is 0. The molecule has 1 amide bonds. The molecule has 0 radical (unpaired) electrons. The third kappa shape index (κ3) is 4.10. The molecule has 5 nitrogen and oxygen atoms in total. The fourth-order valence-electron chi connectivity index (χ4n) is 2.24. The number of nitrogens with zero attached hydrogens (tertiary/aromatic N) is 3. The number of aromatic nitrogens is 3. The summed E-state index contributed by atoms with van der Waals surface area (Å²) in [7, 11) is 0. The lowest BCUT2D eigenvalue weighted by atomic mass is 10.2. The molecular formula is C17H18N4OS2. The van der Waals surface area contributed by atoms with Gasteiger partial charge in [-0.1, -0.05) is 36.9 Å². The predicted octanol–water partition coefficient (Wildman–Crippen LogP) is 4.08. The maximum atomic E-state index is 12.1. The molecule has 2 aromatic heterocycles. The summed E-state index contributed by atoms with van der Waals surface area (Å²) >= 11 is 2.87. The van der Waals surface area contributed by atoms with Crippen LogP contribution in [-0.4, -0.2) is 26.6 Å². The smallest absolute Gasteiger partial charge is 0.236 e. The molecule has 0 aliphatic heterocycles. The monoisotopic (exact) mass is 358 g/mol. The second-order valence-corrected chi connectivity index (χ2v) is 7.17. The summed E-state index contributed by atoms with van der Waals surface area (Å²) in [6, 6.07) is 7.92.